The predicted octanol–water partition coefficient (Wildman–Crippen LogP) is 1.75. The van der Waals surface area contributed by atoms with Crippen molar-refractivity contribution < 1.29 is 4.79 Å². The molecule has 0 spiro atoms. The first-order valence-electron chi connectivity index (χ1n) is 4.62. The van der Waals surface area contributed by atoms with Gasteiger partial charge in [-0.25, -0.2) is 4.98 Å². The van der Waals surface area contributed by atoms with Gasteiger partial charge in [-0.05, 0) is 25.1 Å². The van der Waals surface area contributed by atoms with Gasteiger partial charge in [0.05, 0.1) is 0 Å². The molecule has 1 aromatic carbocycles. The highest BCUT2D eigenvalue weighted by molar-refractivity contribution is 5.72. The van der Waals surface area contributed by atoms with Crippen LogP contribution in [0.25, 0.3) is 5.69 Å². The lowest BCUT2D eigenvalue weighted by Gasteiger charge is -2.06. The van der Waals surface area contributed by atoms with E-state index in [0.717, 1.165) is 17.2 Å². The molecule has 2 aromatic rings. The van der Waals surface area contributed by atoms with E-state index in [1.165, 1.54) is 0 Å². The maximum atomic E-state index is 10.3. The van der Waals surface area contributed by atoms with E-state index in [9.17, 15) is 4.79 Å². The summed E-state index contributed by atoms with van der Waals surface area (Å²) in [7, 11) is 0. The summed E-state index contributed by atoms with van der Waals surface area (Å²) in [6.45, 7) is 1.93. The van der Waals surface area contributed by atoms with Crippen molar-refractivity contribution in [2.75, 3.05) is 5.32 Å². The van der Waals surface area contributed by atoms with Crippen molar-refractivity contribution in [3.05, 3.63) is 42.5 Å². The molecule has 1 heterocycles. The number of imidazole rings is 1. The number of hydrogen-bond acceptors (Lipinski definition) is 2. The van der Waals surface area contributed by atoms with Crippen molar-refractivity contribution in [2.24, 2.45) is 0 Å². The average molecular weight is 201 g/mol. The topological polar surface area (TPSA) is 46.9 Å². The van der Waals surface area contributed by atoms with Gasteiger partial charge in [-0.1, -0.05) is 6.07 Å². The summed E-state index contributed by atoms with van der Waals surface area (Å²) in [5.41, 5.74) is 1.76. The third kappa shape index (κ3) is 1.88. The van der Waals surface area contributed by atoms with Gasteiger partial charge < -0.3 is 9.88 Å². The van der Waals surface area contributed by atoms with E-state index in [2.05, 4.69) is 10.3 Å². The highest BCUT2D eigenvalue weighted by Gasteiger charge is 2.00. The molecule has 0 bridgehead atoms. The second-order valence-electron chi connectivity index (χ2n) is 3.16. The number of carbonyl (C=O) groups is 1. The average Bonchev–Trinajstić information content (AvgIpc) is 2.65. The van der Waals surface area contributed by atoms with Crippen LogP contribution in [0.1, 0.15) is 5.82 Å². The molecule has 0 atom stereocenters. The van der Waals surface area contributed by atoms with Crippen molar-refractivity contribution in [1.82, 2.24) is 9.55 Å². The molecule has 1 N–H and O–H groups in total. The van der Waals surface area contributed by atoms with Gasteiger partial charge in [0.2, 0.25) is 6.41 Å². The standard InChI is InChI=1S/C11H11N3O/c1-9-12-5-6-14(9)11-4-2-3-10(7-11)13-8-15/h2-8H,1H3,(H,13,15). The molecule has 0 aliphatic rings. The van der Waals surface area contributed by atoms with Gasteiger partial charge in [-0.3, -0.25) is 4.79 Å². The molecule has 0 aliphatic heterocycles. The first kappa shape index (κ1) is 9.45. The monoisotopic (exact) mass is 201 g/mol. The third-order valence-electron chi connectivity index (χ3n) is 2.18. The maximum Gasteiger partial charge on any atom is 0.211 e. The molecule has 1 aromatic heterocycles. The molecule has 1 amide bonds. The van der Waals surface area contributed by atoms with Gasteiger partial charge >= 0.3 is 0 Å². The molecule has 4 nitrogen and oxygen atoms in total. The van der Waals surface area contributed by atoms with Crippen molar-refractivity contribution in [2.45, 2.75) is 6.92 Å². The molecule has 76 valence electrons. The normalized spacial score (nSPS) is 9.93. The number of amides is 1. The third-order valence-corrected chi connectivity index (χ3v) is 2.18. The van der Waals surface area contributed by atoms with Crippen LogP contribution in [0, 0.1) is 6.92 Å². The summed E-state index contributed by atoms with van der Waals surface area (Å²) in [6.07, 6.45) is 4.30. The summed E-state index contributed by atoms with van der Waals surface area (Å²) in [5, 5.41) is 2.62. The van der Waals surface area contributed by atoms with Gasteiger partial charge in [0.15, 0.2) is 0 Å². The Labute approximate surface area is 87.6 Å². The van der Waals surface area contributed by atoms with E-state index in [1.54, 1.807) is 6.20 Å². The number of aryl methyl sites for hydroxylation is 1. The van der Waals surface area contributed by atoms with E-state index >= 15 is 0 Å². The smallest absolute Gasteiger partial charge is 0.211 e. The number of carbonyl (C=O) groups excluding carboxylic acids is 1. The number of nitrogens with one attached hydrogen (secondary N) is 1. The minimum atomic E-state index is 0.667. The number of rotatable bonds is 3. The van der Waals surface area contributed by atoms with Crippen molar-refractivity contribution in [1.29, 1.82) is 0 Å². The van der Waals surface area contributed by atoms with Crippen LogP contribution < -0.4 is 5.32 Å². The molecule has 0 radical (unpaired) electrons. The number of aromatic nitrogens is 2. The first-order chi connectivity index (χ1) is 7.31. The van der Waals surface area contributed by atoms with E-state index in [1.807, 2.05) is 42.0 Å². The second-order valence-corrected chi connectivity index (χ2v) is 3.16. The molecule has 15 heavy (non-hydrogen) atoms. The predicted molar refractivity (Wildman–Crippen MR) is 58.0 cm³/mol. The van der Waals surface area contributed by atoms with Crippen LogP contribution in [0.2, 0.25) is 0 Å². The Morgan fingerprint density at radius 2 is 2.33 bits per heavy atom. The van der Waals surface area contributed by atoms with E-state index in [-0.39, 0.29) is 0 Å². The Bertz CT molecular complexity index is 476. The van der Waals surface area contributed by atoms with Crippen LogP contribution in [0.15, 0.2) is 36.7 Å². The van der Waals surface area contributed by atoms with E-state index in [4.69, 9.17) is 0 Å². The molecule has 0 fully saturated rings. The van der Waals surface area contributed by atoms with Crippen LogP contribution in [-0.4, -0.2) is 16.0 Å². The minimum Gasteiger partial charge on any atom is -0.329 e. The zero-order chi connectivity index (χ0) is 10.7. The fourth-order valence-corrected chi connectivity index (χ4v) is 1.46. The Kier molecular flexibility index (Phi) is 2.49. The minimum absolute atomic E-state index is 0.667. The fraction of sp³-hybridized carbons (Fsp3) is 0.0909. The Hall–Kier alpha value is -2.10. The fourth-order valence-electron chi connectivity index (χ4n) is 1.46. The molecule has 0 unspecified atom stereocenters. The van der Waals surface area contributed by atoms with Crippen LogP contribution >= 0.6 is 0 Å². The van der Waals surface area contributed by atoms with Gasteiger partial charge in [-0.2, -0.15) is 0 Å². The largest absolute Gasteiger partial charge is 0.329 e. The summed E-state index contributed by atoms with van der Waals surface area (Å²) < 4.78 is 1.95. The Balaban J connectivity index is 2.41. The van der Waals surface area contributed by atoms with Gasteiger partial charge in [-0.15, -0.1) is 0 Å². The zero-order valence-corrected chi connectivity index (χ0v) is 8.34. The SMILES string of the molecule is Cc1nccn1-c1cccc(NC=O)c1. The van der Waals surface area contributed by atoms with Gasteiger partial charge in [0.25, 0.3) is 0 Å². The molecule has 0 saturated heterocycles. The quantitative estimate of drug-likeness (QED) is 0.769. The number of benzene rings is 1. The van der Waals surface area contributed by atoms with Crippen molar-refractivity contribution in [3.8, 4) is 5.69 Å². The van der Waals surface area contributed by atoms with Crippen LogP contribution in [0.4, 0.5) is 5.69 Å². The molecule has 0 aliphatic carbocycles. The van der Waals surface area contributed by atoms with Crippen LogP contribution in [-0.2, 0) is 4.79 Å². The highest BCUT2D eigenvalue weighted by Crippen LogP contribution is 2.15. The lowest BCUT2D eigenvalue weighted by atomic mass is 10.2. The summed E-state index contributed by atoms with van der Waals surface area (Å²) in [4.78, 5) is 14.5. The molecule has 2 rings (SSSR count). The van der Waals surface area contributed by atoms with Crippen LogP contribution in [0.3, 0.4) is 0 Å². The maximum absolute atomic E-state index is 10.3. The summed E-state index contributed by atoms with van der Waals surface area (Å²) in [6, 6.07) is 7.58. The summed E-state index contributed by atoms with van der Waals surface area (Å²) >= 11 is 0. The zero-order valence-electron chi connectivity index (χ0n) is 8.34. The Morgan fingerprint density at radius 3 is 3.00 bits per heavy atom. The number of nitrogens with zero attached hydrogens (tertiary/aromatic N) is 2. The van der Waals surface area contributed by atoms with Crippen LogP contribution in [0.5, 0.6) is 0 Å². The number of hydrogen-bond donors (Lipinski definition) is 1. The molecule has 0 saturated carbocycles. The Morgan fingerprint density at radius 1 is 1.47 bits per heavy atom. The highest BCUT2D eigenvalue weighted by atomic mass is 16.1. The van der Waals surface area contributed by atoms with E-state index in [0.29, 0.717) is 6.41 Å². The van der Waals surface area contributed by atoms with Crippen molar-refractivity contribution in [3.63, 3.8) is 0 Å². The lowest BCUT2D eigenvalue weighted by molar-refractivity contribution is -0.105. The number of anilines is 1. The molecular weight excluding hydrogens is 190 g/mol. The van der Waals surface area contributed by atoms with E-state index < -0.39 is 0 Å². The molecule has 4 heteroatoms. The second kappa shape index (κ2) is 3.96. The van der Waals surface area contributed by atoms with Gasteiger partial charge in [0, 0.05) is 23.8 Å². The van der Waals surface area contributed by atoms with Crippen molar-refractivity contribution >= 4 is 12.1 Å². The first-order valence-corrected chi connectivity index (χ1v) is 4.62. The lowest BCUT2D eigenvalue weighted by Crippen LogP contribution is -1.98. The summed E-state index contributed by atoms with van der Waals surface area (Å²) in [5.74, 6) is 0.915. The van der Waals surface area contributed by atoms with Gasteiger partial charge in [0.1, 0.15) is 5.82 Å². The molecular formula is C11H11N3O.